The molecule has 13 heavy (non-hydrogen) atoms. The maximum atomic E-state index is 10.4. The predicted octanol–water partition coefficient (Wildman–Crippen LogP) is -1.30. The first kappa shape index (κ1) is 10.9. The van der Waals surface area contributed by atoms with E-state index < -0.39 is 21.1 Å². The van der Waals surface area contributed by atoms with Gasteiger partial charge in [-0.2, -0.15) is 8.42 Å². The van der Waals surface area contributed by atoms with Crippen molar-refractivity contribution in [1.82, 2.24) is 0 Å². The van der Waals surface area contributed by atoms with E-state index in [-0.39, 0.29) is 6.42 Å². The molecule has 0 bridgehead atoms. The van der Waals surface area contributed by atoms with Crippen LogP contribution in [0.1, 0.15) is 12.8 Å². The second-order valence-corrected chi connectivity index (χ2v) is 4.94. The molecule has 0 spiro atoms. The highest BCUT2D eigenvalue weighted by Crippen LogP contribution is 2.21. The molecule has 4 N–H and O–H groups in total. The molecule has 1 aliphatic heterocycles. The van der Waals surface area contributed by atoms with Gasteiger partial charge in [0.05, 0.1) is 18.8 Å². The van der Waals surface area contributed by atoms with Crippen molar-refractivity contribution in [2.45, 2.75) is 23.8 Å². The van der Waals surface area contributed by atoms with Crippen LogP contribution in [0.3, 0.4) is 0 Å². The molecular weight excluding hydrogens is 198 g/mol. The molecule has 1 rings (SSSR count). The Labute approximate surface area is 76.4 Å². The molecule has 1 fully saturated rings. The highest BCUT2D eigenvalue weighted by Gasteiger charge is 2.35. The zero-order valence-corrected chi connectivity index (χ0v) is 7.83. The number of aliphatic hydroxyl groups excluding tert-OH is 1. The Morgan fingerprint density at radius 3 is 2.38 bits per heavy atom. The minimum Gasteiger partial charge on any atom is -0.377 e. The van der Waals surface area contributed by atoms with E-state index in [0.717, 1.165) is 0 Å². The zero-order chi connectivity index (χ0) is 10.1. The molecule has 0 radical (unpaired) electrons. The monoisotopic (exact) mass is 211 g/mol. The van der Waals surface area contributed by atoms with Crippen molar-refractivity contribution >= 4 is 10.1 Å². The number of nitrogens with two attached hydrogens (primary N) is 1. The maximum absolute atomic E-state index is 10.4. The van der Waals surface area contributed by atoms with Gasteiger partial charge < -0.3 is 15.6 Å². The van der Waals surface area contributed by atoms with Crippen LogP contribution in [0.5, 0.6) is 0 Å². The molecule has 0 aliphatic carbocycles. The summed E-state index contributed by atoms with van der Waals surface area (Å²) in [7, 11) is -4.35. The molecule has 1 heterocycles. The first-order valence-corrected chi connectivity index (χ1v) is 5.35. The Morgan fingerprint density at radius 2 is 2.08 bits per heavy atom. The second kappa shape index (κ2) is 3.50. The third-order valence-electron chi connectivity index (χ3n) is 2.01. The van der Waals surface area contributed by atoms with E-state index in [1.807, 2.05) is 0 Å². The molecule has 0 saturated carbocycles. The summed E-state index contributed by atoms with van der Waals surface area (Å²) in [6.45, 7) is 0.733. The van der Waals surface area contributed by atoms with E-state index in [1.54, 1.807) is 0 Å². The average molecular weight is 211 g/mol. The van der Waals surface area contributed by atoms with E-state index in [4.69, 9.17) is 20.1 Å². The van der Waals surface area contributed by atoms with E-state index in [9.17, 15) is 8.42 Å². The lowest BCUT2D eigenvalue weighted by Crippen LogP contribution is -2.57. The van der Waals surface area contributed by atoms with Crippen molar-refractivity contribution in [2.75, 3.05) is 13.2 Å². The van der Waals surface area contributed by atoms with Crippen LogP contribution < -0.4 is 5.73 Å². The van der Waals surface area contributed by atoms with E-state index in [0.29, 0.717) is 19.6 Å². The van der Waals surface area contributed by atoms with Crippen molar-refractivity contribution in [1.29, 1.82) is 0 Å². The largest absolute Gasteiger partial charge is 0.377 e. The lowest BCUT2D eigenvalue weighted by Gasteiger charge is -2.38. The third-order valence-corrected chi connectivity index (χ3v) is 2.94. The summed E-state index contributed by atoms with van der Waals surface area (Å²) >= 11 is 0. The van der Waals surface area contributed by atoms with Gasteiger partial charge in [-0.3, -0.25) is 4.55 Å². The van der Waals surface area contributed by atoms with Gasteiger partial charge in [-0.1, -0.05) is 0 Å². The lowest BCUT2D eigenvalue weighted by molar-refractivity contribution is -0.0603. The minimum atomic E-state index is -4.35. The van der Waals surface area contributed by atoms with Crippen LogP contribution in [0.15, 0.2) is 0 Å². The maximum Gasteiger partial charge on any atom is 0.291 e. The van der Waals surface area contributed by atoms with Gasteiger partial charge in [-0.15, -0.1) is 0 Å². The number of ether oxygens (including phenoxy) is 1. The van der Waals surface area contributed by atoms with Gasteiger partial charge in [-0.05, 0) is 12.8 Å². The Hall–Kier alpha value is -0.210. The van der Waals surface area contributed by atoms with Gasteiger partial charge in [0.25, 0.3) is 10.1 Å². The van der Waals surface area contributed by atoms with Crippen LogP contribution in [0.2, 0.25) is 0 Å². The fourth-order valence-corrected chi connectivity index (χ4v) is 1.48. The van der Waals surface area contributed by atoms with Crippen LogP contribution in [0, 0.1) is 0 Å². The summed E-state index contributed by atoms with van der Waals surface area (Å²) in [5, 5.41) is 8.93. The second-order valence-electron chi connectivity index (χ2n) is 3.36. The first-order chi connectivity index (χ1) is 5.83. The van der Waals surface area contributed by atoms with E-state index in [2.05, 4.69) is 0 Å². The highest BCUT2D eigenvalue weighted by molar-refractivity contribution is 7.86. The predicted molar refractivity (Wildman–Crippen MR) is 44.5 cm³/mol. The van der Waals surface area contributed by atoms with Crippen molar-refractivity contribution in [3.63, 3.8) is 0 Å². The van der Waals surface area contributed by atoms with Gasteiger partial charge in [-0.25, -0.2) is 0 Å². The van der Waals surface area contributed by atoms with E-state index >= 15 is 0 Å². The molecule has 6 nitrogen and oxygen atoms in total. The first-order valence-electron chi connectivity index (χ1n) is 3.84. The summed E-state index contributed by atoms with van der Waals surface area (Å²) < 4.78 is 34.0. The topological polar surface area (TPSA) is 110 Å². The van der Waals surface area contributed by atoms with Crippen molar-refractivity contribution in [3.05, 3.63) is 0 Å². The summed E-state index contributed by atoms with van der Waals surface area (Å²) in [5.74, 6) is 0. The summed E-state index contributed by atoms with van der Waals surface area (Å²) in [4.78, 5) is 0. The van der Waals surface area contributed by atoms with Crippen molar-refractivity contribution < 1.29 is 22.8 Å². The number of rotatable bonds is 4. The third kappa shape index (κ3) is 2.89. The van der Waals surface area contributed by atoms with Crippen molar-refractivity contribution in [3.8, 4) is 0 Å². The number of aliphatic hydroxyl groups is 1. The molecule has 0 aromatic rings. The van der Waals surface area contributed by atoms with Crippen LogP contribution >= 0.6 is 0 Å². The molecule has 7 heteroatoms. The van der Waals surface area contributed by atoms with Gasteiger partial charge in [0.15, 0.2) is 5.44 Å². The van der Waals surface area contributed by atoms with Crippen LogP contribution in [-0.4, -0.2) is 42.3 Å². The van der Waals surface area contributed by atoms with Gasteiger partial charge in [0, 0.05) is 0 Å². The summed E-state index contributed by atoms with van der Waals surface area (Å²) in [6.07, 6.45) is 0.243. The number of hydrogen-bond acceptors (Lipinski definition) is 5. The molecule has 0 aromatic carbocycles. The van der Waals surface area contributed by atoms with E-state index in [1.165, 1.54) is 0 Å². The summed E-state index contributed by atoms with van der Waals surface area (Å²) in [6, 6.07) is 0. The van der Waals surface area contributed by atoms with Crippen molar-refractivity contribution in [2.24, 2.45) is 5.73 Å². The Kier molecular flexibility index (Phi) is 2.93. The molecular formula is C6H13NO5S. The smallest absolute Gasteiger partial charge is 0.291 e. The van der Waals surface area contributed by atoms with Crippen LogP contribution in [-0.2, 0) is 14.9 Å². The van der Waals surface area contributed by atoms with Gasteiger partial charge >= 0.3 is 0 Å². The molecule has 0 aromatic heterocycles. The Morgan fingerprint density at radius 1 is 1.54 bits per heavy atom. The number of hydrogen-bond donors (Lipinski definition) is 3. The molecule has 0 amide bonds. The zero-order valence-electron chi connectivity index (χ0n) is 7.01. The molecule has 1 atom stereocenters. The average Bonchev–Trinajstić information content (AvgIpc) is 1.94. The van der Waals surface area contributed by atoms with Gasteiger partial charge in [0.1, 0.15) is 0 Å². The lowest BCUT2D eigenvalue weighted by atomic mass is 9.93. The normalized spacial score (nSPS) is 23.6. The highest BCUT2D eigenvalue weighted by atomic mass is 32.2. The SMILES string of the molecule is NC1(CCC(O)S(=O)(=O)O)COC1. The fourth-order valence-electron chi connectivity index (χ4n) is 1.07. The summed E-state index contributed by atoms with van der Waals surface area (Å²) in [5.41, 5.74) is 3.40. The molecule has 1 saturated heterocycles. The molecule has 1 aliphatic rings. The quantitative estimate of drug-likeness (QED) is 0.498. The van der Waals surface area contributed by atoms with Crippen LogP contribution in [0.4, 0.5) is 0 Å². The standard InChI is InChI=1S/C6H13NO5S/c7-6(3-12-4-6)2-1-5(8)13(9,10)11/h5,8H,1-4,7H2,(H,9,10,11). The van der Waals surface area contributed by atoms with Crippen LogP contribution in [0.25, 0.3) is 0 Å². The minimum absolute atomic E-state index is 0.0707. The molecule has 1 unspecified atom stereocenters. The Bertz CT molecular complexity index is 271. The Balaban J connectivity index is 2.34. The fraction of sp³-hybridized carbons (Fsp3) is 1.00. The van der Waals surface area contributed by atoms with Gasteiger partial charge in [0.2, 0.25) is 0 Å². The molecule has 78 valence electrons.